The number of benzene rings is 1. The molecule has 1 aliphatic rings. The maximum Gasteiger partial charge on any atom is 0.243 e. The van der Waals surface area contributed by atoms with Gasteiger partial charge in [0.15, 0.2) is 0 Å². The highest BCUT2D eigenvalue weighted by Gasteiger charge is 2.33. The van der Waals surface area contributed by atoms with E-state index in [4.69, 9.17) is 11.6 Å². The van der Waals surface area contributed by atoms with E-state index in [9.17, 15) is 8.42 Å². The second-order valence-electron chi connectivity index (χ2n) is 5.92. The molecule has 0 aliphatic carbocycles. The van der Waals surface area contributed by atoms with Crippen LogP contribution in [0.5, 0.6) is 0 Å². The van der Waals surface area contributed by atoms with Crippen LogP contribution in [0.1, 0.15) is 50.2 Å². The normalized spacial score (nSPS) is 20.7. The number of sulfonamides is 1. The summed E-state index contributed by atoms with van der Waals surface area (Å²) in [5, 5.41) is 0.621. The van der Waals surface area contributed by atoms with Crippen LogP contribution in [-0.2, 0) is 10.0 Å². The SMILES string of the molecule is CCCC1CCCCN1S(=O)(=O)c1cc(C)c(Cl)cc1C. The summed E-state index contributed by atoms with van der Waals surface area (Å²) in [6.07, 6.45) is 4.99. The van der Waals surface area contributed by atoms with Crippen molar-refractivity contribution in [1.29, 1.82) is 0 Å². The Labute approximate surface area is 133 Å². The first-order valence-corrected chi connectivity index (χ1v) is 9.48. The predicted octanol–water partition coefficient (Wildman–Crippen LogP) is 4.30. The van der Waals surface area contributed by atoms with E-state index >= 15 is 0 Å². The molecule has 0 N–H and O–H groups in total. The van der Waals surface area contributed by atoms with Crippen molar-refractivity contribution in [3.05, 3.63) is 28.3 Å². The molecule has 1 aromatic carbocycles. The quantitative estimate of drug-likeness (QED) is 0.825. The van der Waals surface area contributed by atoms with Gasteiger partial charge in [-0.25, -0.2) is 8.42 Å². The van der Waals surface area contributed by atoms with E-state index in [0.717, 1.165) is 43.2 Å². The van der Waals surface area contributed by atoms with Gasteiger partial charge in [-0.2, -0.15) is 4.31 Å². The van der Waals surface area contributed by atoms with Gasteiger partial charge >= 0.3 is 0 Å². The van der Waals surface area contributed by atoms with E-state index in [2.05, 4.69) is 6.92 Å². The summed E-state index contributed by atoms with van der Waals surface area (Å²) in [5.41, 5.74) is 1.54. The van der Waals surface area contributed by atoms with Crippen molar-refractivity contribution in [3.8, 4) is 0 Å². The molecule has 5 heteroatoms. The lowest BCUT2D eigenvalue weighted by Gasteiger charge is -2.35. The lowest BCUT2D eigenvalue weighted by Crippen LogP contribution is -2.43. The summed E-state index contributed by atoms with van der Waals surface area (Å²) >= 11 is 6.09. The average Bonchev–Trinajstić information content (AvgIpc) is 2.43. The molecule has 118 valence electrons. The summed E-state index contributed by atoms with van der Waals surface area (Å²) in [6, 6.07) is 3.61. The summed E-state index contributed by atoms with van der Waals surface area (Å²) in [4.78, 5) is 0.410. The zero-order chi connectivity index (χ0) is 15.6. The van der Waals surface area contributed by atoms with Gasteiger partial charge in [-0.1, -0.05) is 31.4 Å². The fourth-order valence-corrected chi connectivity index (χ4v) is 5.31. The van der Waals surface area contributed by atoms with E-state index in [0.29, 0.717) is 16.5 Å². The number of aryl methyl sites for hydroxylation is 2. The Morgan fingerprint density at radius 2 is 1.95 bits per heavy atom. The molecule has 0 bridgehead atoms. The summed E-state index contributed by atoms with van der Waals surface area (Å²) in [6.45, 7) is 6.41. The highest BCUT2D eigenvalue weighted by atomic mass is 35.5. The van der Waals surface area contributed by atoms with Gasteiger partial charge in [-0.15, -0.1) is 0 Å². The summed E-state index contributed by atoms with van der Waals surface area (Å²) < 4.78 is 27.8. The molecule has 1 unspecified atom stereocenters. The molecule has 0 saturated carbocycles. The molecule has 3 nitrogen and oxygen atoms in total. The first kappa shape index (κ1) is 16.8. The van der Waals surface area contributed by atoms with Crippen molar-refractivity contribution in [2.75, 3.05) is 6.54 Å². The Balaban J connectivity index is 2.43. The molecule has 0 amide bonds. The van der Waals surface area contributed by atoms with Crippen LogP contribution >= 0.6 is 11.6 Å². The standard InChI is InChI=1S/C16H24ClNO2S/c1-4-7-14-8-5-6-9-18(14)21(19,20)16-11-12(2)15(17)10-13(16)3/h10-11,14H,4-9H2,1-3H3. The van der Waals surface area contributed by atoms with Crippen molar-refractivity contribution in [1.82, 2.24) is 4.31 Å². The number of halogens is 1. The molecule has 1 heterocycles. The van der Waals surface area contributed by atoms with E-state index < -0.39 is 10.0 Å². The first-order valence-electron chi connectivity index (χ1n) is 7.66. The predicted molar refractivity (Wildman–Crippen MR) is 87.4 cm³/mol. The minimum Gasteiger partial charge on any atom is -0.207 e. The van der Waals surface area contributed by atoms with Gasteiger partial charge in [0.2, 0.25) is 10.0 Å². The molecule has 0 aromatic heterocycles. The highest BCUT2D eigenvalue weighted by Crippen LogP contribution is 2.31. The molecule has 1 atom stereocenters. The molecule has 0 spiro atoms. The molecule has 1 aromatic rings. The maximum atomic E-state index is 13.0. The van der Waals surface area contributed by atoms with Crippen LogP contribution in [0.3, 0.4) is 0 Å². The largest absolute Gasteiger partial charge is 0.243 e. The van der Waals surface area contributed by atoms with Gasteiger partial charge in [0, 0.05) is 17.6 Å². The van der Waals surface area contributed by atoms with Crippen LogP contribution in [0.4, 0.5) is 0 Å². The summed E-state index contributed by atoms with van der Waals surface area (Å²) in [7, 11) is -3.43. The third-order valence-electron chi connectivity index (χ3n) is 4.24. The van der Waals surface area contributed by atoms with Crippen LogP contribution in [0.2, 0.25) is 5.02 Å². The number of nitrogens with zero attached hydrogens (tertiary/aromatic N) is 1. The highest BCUT2D eigenvalue weighted by molar-refractivity contribution is 7.89. The van der Waals surface area contributed by atoms with Crippen molar-refractivity contribution in [2.24, 2.45) is 0 Å². The van der Waals surface area contributed by atoms with E-state index in [-0.39, 0.29) is 6.04 Å². The molecule has 0 radical (unpaired) electrons. The Bertz CT molecular complexity index is 611. The smallest absolute Gasteiger partial charge is 0.207 e. The van der Waals surface area contributed by atoms with Gasteiger partial charge in [0.25, 0.3) is 0 Å². The van der Waals surface area contributed by atoms with Crippen molar-refractivity contribution in [3.63, 3.8) is 0 Å². The lowest BCUT2D eigenvalue weighted by molar-refractivity contribution is 0.239. The zero-order valence-electron chi connectivity index (χ0n) is 13.0. The maximum absolute atomic E-state index is 13.0. The van der Waals surface area contributed by atoms with Crippen molar-refractivity contribution in [2.45, 2.75) is 63.8 Å². The average molecular weight is 330 g/mol. The fraction of sp³-hybridized carbons (Fsp3) is 0.625. The second-order valence-corrected chi connectivity index (χ2v) is 8.19. The van der Waals surface area contributed by atoms with Gasteiger partial charge in [0.1, 0.15) is 0 Å². The van der Waals surface area contributed by atoms with Crippen LogP contribution in [0.25, 0.3) is 0 Å². The van der Waals surface area contributed by atoms with Gasteiger partial charge in [0.05, 0.1) is 4.90 Å². The Morgan fingerprint density at radius 1 is 1.24 bits per heavy atom. The molecule has 2 rings (SSSR count). The number of hydrogen-bond donors (Lipinski definition) is 0. The Hall–Kier alpha value is -0.580. The monoisotopic (exact) mass is 329 g/mol. The molecule has 1 aliphatic heterocycles. The fourth-order valence-electron chi connectivity index (χ4n) is 3.07. The molecule has 1 fully saturated rings. The topological polar surface area (TPSA) is 37.4 Å². The van der Waals surface area contributed by atoms with Crippen LogP contribution in [-0.4, -0.2) is 25.3 Å². The molecular weight excluding hydrogens is 306 g/mol. The van der Waals surface area contributed by atoms with E-state index in [1.807, 2.05) is 13.8 Å². The Morgan fingerprint density at radius 3 is 2.62 bits per heavy atom. The van der Waals surface area contributed by atoms with Crippen LogP contribution in [0.15, 0.2) is 17.0 Å². The third-order valence-corrected chi connectivity index (χ3v) is 6.74. The van der Waals surface area contributed by atoms with Crippen molar-refractivity contribution < 1.29 is 8.42 Å². The molecular formula is C16H24ClNO2S. The van der Waals surface area contributed by atoms with Crippen molar-refractivity contribution >= 4 is 21.6 Å². The van der Waals surface area contributed by atoms with E-state index in [1.165, 1.54) is 0 Å². The summed E-state index contributed by atoms with van der Waals surface area (Å²) in [5.74, 6) is 0. The minimum atomic E-state index is -3.43. The molecule has 1 saturated heterocycles. The minimum absolute atomic E-state index is 0.143. The van der Waals surface area contributed by atoms with Gasteiger partial charge in [-0.3, -0.25) is 0 Å². The van der Waals surface area contributed by atoms with Gasteiger partial charge < -0.3 is 0 Å². The Kier molecular flexibility index (Phi) is 5.33. The first-order chi connectivity index (χ1) is 9.87. The van der Waals surface area contributed by atoms with Gasteiger partial charge in [-0.05, 0) is 56.4 Å². The number of hydrogen-bond acceptors (Lipinski definition) is 2. The lowest BCUT2D eigenvalue weighted by atomic mass is 10.0. The zero-order valence-corrected chi connectivity index (χ0v) is 14.6. The van der Waals surface area contributed by atoms with Crippen LogP contribution < -0.4 is 0 Å². The third kappa shape index (κ3) is 3.43. The van der Waals surface area contributed by atoms with E-state index in [1.54, 1.807) is 16.4 Å². The number of rotatable bonds is 4. The van der Waals surface area contributed by atoms with Crippen LogP contribution in [0, 0.1) is 13.8 Å². The number of piperidine rings is 1. The second kappa shape index (κ2) is 6.67. The molecule has 21 heavy (non-hydrogen) atoms.